The second kappa shape index (κ2) is 5.84. The molecule has 0 aliphatic heterocycles. The smallest absolute Gasteiger partial charge is 0.350 e. The van der Waals surface area contributed by atoms with Crippen LogP contribution in [0.5, 0.6) is 0 Å². The molecule has 21 heavy (non-hydrogen) atoms. The Hall–Kier alpha value is -1.28. The van der Waals surface area contributed by atoms with E-state index >= 15 is 0 Å². The molecule has 1 aromatic rings. The molecule has 0 bridgehead atoms. The van der Waals surface area contributed by atoms with Crippen molar-refractivity contribution in [2.75, 3.05) is 37.1 Å². The summed E-state index contributed by atoms with van der Waals surface area (Å²) < 4.78 is 28.8. The Morgan fingerprint density at radius 1 is 1.48 bits per heavy atom. The molecule has 0 aromatic carbocycles. The molecule has 0 atom stereocenters. The molecule has 1 aliphatic carbocycles. The lowest BCUT2D eigenvalue weighted by molar-refractivity contribution is 0.0607. The lowest BCUT2D eigenvalue weighted by Crippen LogP contribution is -2.25. The predicted molar refractivity (Wildman–Crippen MR) is 83.8 cm³/mol. The van der Waals surface area contributed by atoms with Crippen LogP contribution in [0.25, 0.3) is 0 Å². The van der Waals surface area contributed by atoms with E-state index in [-0.39, 0.29) is 15.5 Å². The summed E-state index contributed by atoms with van der Waals surface area (Å²) in [5, 5.41) is 0.546. The van der Waals surface area contributed by atoms with Crippen LogP contribution in [-0.2, 0) is 14.6 Å². The second-order valence-electron chi connectivity index (χ2n) is 5.22. The van der Waals surface area contributed by atoms with Crippen LogP contribution < -0.4 is 10.6 Å². The van der Waals surface area contributed by atoms with Gasteiger partial charge in [0.1, 0.15) is 14.8 Å². The summed E-state index contributed by atoms with van der Waals surface area (Å²) in [4.78, 5) is 14.0. The first-order valence-electron chi connectivity index (χ1n) is 6.75. The van der Waals surface area contributed by atoms with Crippen LogP contribution in [0.3, 0.4) is 0 Å². The van der Waals surface area contributed by atoms with Gasteiger partial charge >= 0.3 is 5.97 Å². The number of sulfone groups is 1. The van der Waals surface area contributed by atoms with Gasteiger partial charge in [0.25, 0.3) is 0 Å². The average molecular weight is 332 g/mol. The van der Waals surface area contributed by atoms with Gasteiger partial charge in [-0.1, -0.05) is 0 Å². The van der Waals surface area contributed by atoms with Crippen LogP contribution in [0, 0.1) is 5.92 Å². The van der Waals surface area contributed by atoms with E-state index in [9.17, 15) is 13.2 Å². The highest BCUT2D eigenvalue weighted by Gasteiger charge is 2.32. The largest absolute Gasteiger partial charge is 0.465 e. The first-order valence-corrected chi connectivity index (χ1v) is 9.45. The van der Waals surface area contributed by atoms with Crippen molar-refractivity contribution < 1.29 is 17.9 Å². The van der Waals surface area contributed by atoms with Crippen molar-refractivity contribution >= 4 is 37.8 Å². The van der Waals surface area contributed by atoms with Crippen molar-refractivity contribution in [1.29, 1.82) is 0 Å². The monoisotopic (exact) mass is 332 g/mol. The molecule has 0 amide bonds. The third-order valence-corrected chi connectivity index (χ3v) is 6.00. The van der Waals surface area contributed by atoms with Crippen molar-refractivity contribution in [3.63, 3.8) is 0 Å². The molecule has 118 valence electrons. The first kappa shape index (κ1) is 16.1. The normalized spacial score (nSPS) is 15.0. The zero-order valence-electron chi connectivity index (χ0n) is 12.4. The fourth-order valence-electron chi connectivity index (χ4n) is 2.19. The van der Waals surface area contributed by atoms with Crippen LogP contribution >= 0.6 is 11.3 Å². The molecule has 0 spiro atoms. The lowest BCUT2D eigenvalue weighted by atomic mass is 10.3. The molecule has 1 aliphatic rings. The van der Waals surface area contributed by atoms with Crippen molar-refractivity contribution in [3.05, 3.63) is 4.88 Å². The third kappa shape index (κ3) is 3.32. The summed E-state index contributed by atoms with van der Waals surface area (Å²) in [7, 11) is -2.27. The van der Waals surface area contributed by atoms with Gasteiger partial charge < -0.3 is 15.4 Å². The second-order valence-corrected chi connectivity index (χ2v) is 8.18. The van der Waals surface area contributed by atoms with E-state index in [1.807, 2.05) is 11.8 Å². The number of nitrogen functional groups attached to an aromatic ring is 1. The Morgan fingerprint density at radius 2 is 2.10 bits per heavy atom. The van der Waals surface area contributed by atoms with Gasteiger partial charge in [0.2, 0.25) is 0 Å². The molecule has 2 N–H and O–H groups in total. The van der Waals surface area contributed by atoms with E-state index in [0.29, 0.717) is 17.5 Å². The molecule has 2 rings (SSSR count). The van der Waals surface area contributed by atoms with Crippen molar-refractivity contribution in [3.8, 4) is 0 Å². The molecule has 0 unspecified atom stereocenters. The van der Waals surface area contributed by atoms with Gasteiger partial charge in [-0.05, 0) is 25.7 Å². The maximum absolute atomic E-state index is 12.1. The number of hydrogen-bond donors (Lipinski definition) is 1. The number of methoxy groups -OCH3 is 1. The molecule has 0 saturated heterocycles. The number of anilines is 2. The Labute approximate surface area is 128 Å². The number of nitrogens with two attached hydrogens (primary N) is 1. The third-order valence-electron chi connectivity index (χ3n) is 3.47. The minimum absolute atomic E-state index is 0.00130. The maximum Gasteiger partial charge on any atom is 0.350 e. The Bertz CT molecular complexity index is 647. The molecule has 1 heterocycles. The molecule has 8 heteroatoms. The SMILES string of the molecule is CCN(CC1CC1)c1sc(C(=O)OC)c(N)c1S(C)(=O)=O. The number of carbonyl (C=O) groups excluding carboxylic acids is 1. The van der Waals surface area contributed by atoms with Gasteiger partial charge in [-0.3, -0.25) is 0 Å². The first-order chi connectivity index (χ1) is 9.79. The van der Waals surface area contributed by atoms with E-state index < -0.39 is 15.8 Å². The highest BCUT2D eigenvalue weighted by molar-refractivity contribution is 7.91. The van der Waals surface area contributed by atoms with Gasteiger partial charge in [0.05, 0.1) is 12.8 Å². The van der Waals surface area contributed by atoms with Crippen LogP contribution in [0.4, 0.5) is 10.7 Å². The highest BCUT2D eigenvalue weighted by atomic mass is 32.2. The fraction of sp³-hybridized carbons (Fsp3) is 0.615. The lowest BCUT2D eigenvalue weighted by Gasteiger charge is -2.22. The number of thiophene rings is 1. The molecule has 1 aromatic heterocycles. The minimum Gasteiger partial charge on any atom is -0.465 e. The van der Waals surface area contributed by atoms with E-state index in [0.717, 1.165) is 37.0 Å². The molecular weight excluding hydrogens is 312 g/mol. The van der Waals surface area contributed by atoms with E-state index in [1.54, 1.807) is 0 Å². The Morgan fingerprint density at radius 3 is 2.52 bits per heavy atom. The standard InChI is InChI=1S/C13H20N2O4S2/c1-4-15(7-8-5-6-8)12-11(21(3,17)18)9(14)10(20-12)13(16)19-2/h8H,4-7,14H2,1-3H3. The number of rotatable bonds is 6. The van der Waals surface area contributed by atoms with Crippen LogP contribution in [-0.4, -0.2) is 40.8 Å². The van der Waals surface area contributed by atoms with Gasteiger partial charge in [0, 0.05) is 19.3 Å². The number of carbonyl (C=O) groups is 1. The molecule has 6 nitrogen and oxygen atoms in total. The molecule has 1 fully saturated rings. The quantitative estimate of drug-likeness (QED) is 0.798. The van der Waals surface area contributed by atoms with Gasteiger partial charge in [0.15, 0.2) is 9.84 Å². The molecule has 0 radical (unpaired) electrons. The van der Waals surface area contributed by atoms with Crippen molar-refractivity contribution in [2.45, 2.75) is 24.7 Å². The summed E-state index contributed by atoms with van der Waals surface area (Å²) in [6, 6.07) is 0. The van der Waals surface area contributed by atoms with Crippen LogP contribution in [0.15, 0.2) is 4.90 Å². The summed E-state index contributed by atoms with van der Waals surface area (Å²) in [6.07, 6.45) is 3.44. The van der Waals surface area contributed by atoms with Crippen molar-refractivity contribution in [2.24, 2.45) is 5.92 Å². The molecule has 1 saturated carbocycles. The van der Waals surface area contributed by atoms with E-state index in [1.165, 1.54) is 7.11 Å². The van der Waals surface area contributed by atoms with Crippen molar-refractivity contribution in [1.82, 2.24) is 0 Å². The Balaban J connectivity index is 2.54. The Kier molecular flexibility index (Phi) is 4.48. The number of ether oxygens (including phenoxy) is 1. The number of hydrogen-bond acceptors (Lipinski definition) is 7. The molecular formula is C13H20N2O4S2. The van der Waals surface area contributed by atoms with Gasteiger partial charge in [-0.2, -0.15) is 0 Å². The summed E-state index contributed by atoms with van der Waals surface area (Å²) in [5.74, 6) is -0.00149. The average Bonchev–Trinajstić information content (AvgIpc) is 3.15. The van der Waals surface area contributed by atoms with Gasteiger partial charge in [-0.25, -0.2) is 13.2 Å². The highest BCUT2D eigenvalue weighted by Crippen LogP contribution is 2.43. The zero-order chi connectivity index (χ0) is 15.8. The fourth-order valence-corrected chi connectivity index (χ4v) is 4.89. The van der Waals surface area contributed by atoms with Crippen LogP contribution in [0.2, 0.25) is 0 Å². The summed E-state index contributed by atoms with van der Waals surface area (Å²) >= 11 is 1.10. The maximum atomic E-state index is 12.1. The topological polar surface area (TPSA) is 89.7 Å². The number of nitrogens with zero attached hydrogens (tertiary/aromatic N) is 1. The van der Waals surface area contributed by atoms with E-state index in [2.05, 4.69) is 4.74 Å². The number of esters is 1. The summed E-state index contributed by atoms with van der Waals surface area (Å²) in [5.41, 5.74) is 5.91. The zero-order valence-corrected chi connectivity index (χ0v) is 14.0. The van der Waals surface area contributed by atoms with Crippen LogP contribution in [0.1, 0.15) is 29.4 Å². The van der Waals surface area contributed by atoms with E-state index in [4.69, 9.17) is 5.73 Å². The summed E-state index contributed by atoms with van der Waals surface area (Å²) in [6.45, 7) is 3.42. The van der Waals surface area contributed by atoms with Gasteiger partial charge in [-0.15, -0.1) is 11.3 Å². The minimum atomic E-state index is -3.52. The predicted octanol–water partition coefficient (Wildman–Crippen LogP) is 1.76.